The van der Waals surface area contributed by atoms with Crippen molar-refractivity contribution in [2.24, 2.45) is 0 Å². The van der Waals surface area contributed by atoms with E-state index in [1.54, 1.807) is 19.2 Å². The van der Waals surface area contributed by atoms with E-state index in [0.29, 0.717) is 18.2 Å². The van der Waals surface area contributed by atoms with Gasteiger partial charge in [-0.1, -0.05) is 12.1 Å². The van der Waals surface area contributed by atoms with Gasteiger partial charge in [-0.05, 0) is 26.0 Å². The zero-order chi connectivity index (χ0) is 14.0. The zero-order valence-corrected chi connectivity index (χ0v) is 10.6. The molecule has 0 saturated carbocycles. The van der Waals surface area contributed by atoms with Crippen molar-refractivity contribution in [1.29, 1.82) is 0 Å². The third-order valence-corrected chi connectivity index (χ3v) is 2.63. The predicted octanol–water partition coefficient (Wildman–Crippen LogP) is 3.63. The Morgan fingerprint density at radius 3 is 2.58 bits per heavy atom. The highest BCUT2D eigenvalue weighted by Crippen LogP contribution is 2.34. The number of rotatable bonds is 3. The number of aromatic nitrogens is 2. The second kappa shape index (κ2) is 4.95. The van der Waals surface area contributed by atoms with E-state index in [2.05, 4.69) is 10.3 Å². The largest absolute Gasteiger partial charge is 0.418 e. The van der Waals surface area contributed by atoms with Crippen LogP contribution in [0.2, 0.25) is 0 Å². The van der Waals surface area contributed by atoms with Crippen LogP contribution in [0.25, 0.3) is 5.69 Å². The number of anilines is 1. The molecule has 0 bridgehead atoms. The van der Waals surface area contributed by atoms with Gasteiger partial charge >= 0.3 is 6.18 Å². The molecule has 0 amide bonds. The molecule has 0 aliphatic carbocycles. The molecule has 102 valence electrons. The lowest BCUT2D eigenvalue weighted by Gasteiger charge is -2.15. The summed E-state index contributed by atoms with van der Waals surface area (Å²) in [4.78, 5) is 4.18. The summed E-state index contributed by atoms with van der Waals surface area (Å²) >= 11 is 0. The summed E-state index contributed by atoms with van der Waals surface area (Å²) in [6.45, 7) is 4.20. The van der Waals surface area contributed by atoms with Crippen molar-refractivity contribution in [2.75, 3.05) is 11.9 Å². The number of nitrogens with zero attached hydrogens (tertiary/aromatic N) is 2. The maximum absolute atomic E-state index is 13.0. The van der Waals surface area contributed by atoms with E-state index in [-0.39, 0.29) is 5.69 Å². The number of halogens is 3. The van der Waals surface area contributed by atoms with E-state index < -0.39 is 11.7 Å². The van der Waals surface area contributed by atoms with Crippen molar-refractivity contribution in [2.45, 2.75) is 20.0 Å². The number of benzene rings is 1. The second-order valence-corrected chi connectivity index (χ2v) is 4.12. The first kappa shape index (κ1) is 13.5. The van der Waals surface area contributed by atoms with Gasteiger partial charge in [-0.25, -0.2) is 4.98 Å². The van der Waals surface area contributed by atoms with Gasteiger partial charge in [0.1, 0.15) is 0 Å². The van der Waals surface area contributed by atoms with Crippen LogP contribution in [0, 0.1) is 6.92 Å². The average Bonchev–Trinajstić information content (AvgIpc) is 2.70. The summed E-state index contributed by atoms with van der Waals surface area (Å²) in [5, 5.41) is 2.96. The molecule has 0 aliphatic rings. The first-order valence-corrected chi connectivity index (χ1v) is 5.90. The lowest BCUT2D eigenvalue weighted by atomic mass is 10.1. The highest BCUT2D eigenvalue weighted by molar-refractivity contribution is 5.49. The third kappa shape index (κ3) is 2.72. The quantitative estimate of drug-likeness (QED) is 0.922. The van der Waals surface area contributed by atoms with Crippen LogP contribution in [0.1, 0.15) is 18.2 Å². The average molecular weight is 269 g/mol. The Hall–Kier alpha value is -1.98. The van der Waals surface area contributed by atoms with Crippen molar-refractivity contribution in [3.8, 4) is 5.69 Å². The van der Waals surface area contributed by atoms with Crippen LogP contribution in [-0.2, 0) is 6.18 Å². The van der Waals surface area contributed by atoms with E-state index in [1.165, 1.54) is 16.7 Å². The molecule has 0 spiro atoms. The molecule has 0 fully saturated rings. The molecule has 0 saturated heterocycles. The summed E-state index contributed by atoms with van der Waals surface area (Å²) < 4.78 is 40.4. The first-order valence-electron chi connectivity index (χ1n) is 5.90. The van der Waals surface area contributed by atoms with Gasteiger partial charge in [0, 0.05) is 12.7 Å². The number of hydrogen-bond acceptors (Lipinski definition) is 2. The van der Waals surface area contributed by atoms with Crippen molar-refractivity contribution in [3.63, 3.8) is 0 Å². The highest BCUT2D eigenvalue weighted by atomic mass is 19.4. The fourth-order valence-corrected chi connectivity index (χ4v) is 1.89. The Morgan fingerprint density at radius 1 is 1.26 bits per heavy atom. The summed E-state index contributed by atoms with van der Waals surface area (Å²) in [7, 11) is 0. The number of alkyl halides is 3. The normalized spacial score (nSPS) is 11.6. The zero-order valence-electron chi connectivity index (χ0n) is 10.6. The Balaban J connectivity index is 2.59. The Kier molecular flexibility index (Phi) is 3.50. The smallest absolute Gasteiger partial charge is 0.356 e. The third-order valence-electron chi connectivity index (χ3n) is 2.63. The van der Waals surface area contributed by atoms with Crippen molar-refractivity contribution >= 4 is 5.95 Å². The molecule has 2 aromatic rings. The molecule has 2 rings (SSSR count). The van der Waals surface area contributed by atoms with Gasteiger partial charge in [-0.15, -0.1) is 0 Å². The van der Waals surface area contributed by atoms with Gasteiger partial charge in [-0.2, -0.15) is 13.2 Å². The molecule has 3 nitrogen and oxygen atoms in total. The van der Waals surface area contributed by atoms with Gasteiger partial charge in [0.25, 0.3) is 0 Å². The molecular weight excluding hydrogens is 255 g/mol. The number of aryl methyl sites for hydroxylation is 1. The van der Waals surface area contributed by atoms with Gasteiger partial charge in [-0.3, -0.25) is 4.57 Å². The van der Waals surface area contributed by atoms with Crippen LogP contribution >= 0.6 is 0 Å². The van der Waals surface area contributed by atoms with Crippen LogP contribution in [0.15, 0.2) is 30.5 Å². The molecular formula is C13H14F3N3. The summed E-state index contributed by atoms with van der Waals surface area (Å²) in [5.41, 5.74) is 0.0611. The number of imidazole rings is 1. The van der Waals surface area contributed by atoms with E-state index >= 15 is 0 Å². The lowest BCUT2D eigenvalue weighted by Crippen LogP contribution is -2.12. The molecule has 1 N–H and O–H groups in total. The number of hydrogen-bond donors (Lipinski definition) is 1. The van der Waals surface area contributed by atoms with Crippen molar-refractivity contribution in [3.05, 3.63) is 41.7 Å². The predicted molar refractivity (Wildman–Crippen MR) is 67.5 cm³/mol. The summed E-state index contributed by atoms with van der Waals surface area (Å²) in [5.74, 6) is 0.414. The maximum Gasteiger partial charge on any atom is 0.418 e. The molecule has 1 heterocycles. The molecule has 0 aliphatic heterocycles. The molecule has 1 aromatic heterocycles. The van der Waals surface area contributed by atoms with Crippen LogP contribution in [0.3, 0.4) is 0 Å². The van der Waals surface area contributed by atoms with Gasteiger partial charge in [0.15, 0.2) is 0 Å². The standard InChI is InChI=1S/C13H14F3N3/c1-3-17-12-18-9(2)8-19(12)11-7-5-4-6-10(11)13(14,15)16/h4-8H,3H2,1-2H3,(H,17,18). The Morgan fingerprint density at radius 2 is 1.95 bits per heavy atom. The summed E-state index contributed by atoms with van der Waals surface area (Å²) in [6.07, 6.45) is -2.80. The maximum atomic E-state index is 13.0. The van der Waals surface area contributed by atoms with E-state index in [4.69, 9.17) is 0 Å². The summed E-state index contributed by atoms with van der Waals surface area (Å²) in [6, 6.07) is 5.46. The topological polar surface area (TPSA) is 29.9 Å². The molecule has 19 heavy (non-hydrogen) atoms. The Bertz CT molecular complexity index is 573. The Labute approximate surface area is 109 Å². The van der Waals surface area contributed by atoms with E-state index in [9.17, 15) is 13.2 Å². The van der Waals surface area contributed by atoms with Crippen molar-refractivity contribution < 1.29 is 13.2 Å². The van der Waals surface area contributed by atoms with E-state index in [1.807, 2.05) is 6.92 Å². The van der Waals surface area contributed by atoms with Crippen LogP contribution in [0.5, 0.6) is 0 Å². The molecule has 0 atom stereocenters. The highest BCUT2D eigenvalue weighted by Gasteiger charge is 2.34. The molecule has 1 aromatic carbocycles. The molecule has 6 heteroatoms. The van der Waals surface area contributed by atoms with Crippen LogP contribution in [-0.4, -0.2) is 16.1 Å². The minimum atomic E-state index is -4.39. The van der Waals surface area contributed by atoms with E-state index in [0.717, 1.165) is 6.07 Å². The minimum absolute atomic E-state index is 0.0755. The number of para-hydroxylation sites is 1. The lowest BCUT2D eigenvalue weighted by molar-refractivity contribution is -0.137. The van der Waals surface area contributed by atoms with Crippen LogP contribution < -0.4 is 5.32 Å². The van der Waals surface area contributed by atoms with Gasteiger partial charge in [0.05, 0.1) is 16.9 Å². The fraction of sp³-hybridized carbons (Fsp3) is 0.308. The van der Waals surface area contributed by atoms with Crippen molar-refractivity contribution in [1.82, 2.24) is 9.55 Å². The van der Waals surface area contributed by atoms with Gasteiger partial charge < -0.3 is 5.32 Å². The fourth-order valence-electron chi connectivity index (χ4n) is 1.89. The molecule has 0 radical (unpaired) electrons. The van der Waals surface area contributed by atoms with Gasteiger partial charge in [0.2, 0.25) is 5.95 Å². The monoisotopic (exact) mass is 269 g/mol. The van der Waals surface area contributed by atoms with Crippen LogP contribution in [0.4, 0.5) is 19.1 Å². The minimum Gasteiger partial charge on any atom is -0.356 e. The molecule has 0 unspecified atom stereocenters. The SMILES string of the molecule is CCNc1nc(C)cn1-c1ccccc1C(F)(F)F. The number of nitrogens with one attached hydrogen (secondary N) is 1. The first-order chi connectivity index (χ1) is 8.93. The second-order valence-electron chi connectivity index (χ2n) is 4.12.